The Hall–Kier alpha value is -1.31. The van der Waals surface area contributed by atoms with Crippen LogP contribution in [0.15, 0.2) is 29.3 Å². The first kappa shape index (κ1) is 21.7. The lowest BCUT2D eigenvalue weighted by molar-refractivity contribution is -0.119. The van der Waals surface area contributed by atoms with Crippen LogP contribution in [-0.4, -0.2) is 25.0 Å². The van der Waals surface area contributed by atoms with Gasteiger partial charge in [0.25, 0.3) is 0 Å². The topological polar surface area (TPSA) is 65.5 Å². The van der Waals surface area contributed by atoms with Gasteiger partial charge in [-0.3, -0.25) is 4.79 Å². The second-order valence-corrected chi connectivity index (χ2v) is 6.52. The van der Waals surface area contributed by atoms with Crippen molar-refractivity contribution in [2.75, 3.05) is 18.4 Å². The highest BCUT2D eigenvalue weighted by Crippen LogP contribution is 2.27. The maximum absolute atomic E-state index is 12.0. The molecular weight excluding hydrogens is 427 g/mol. The van der Waals surface area contributed by atoms with Crippen LogP contribution in [0.25, 0.3) is 0 Å². The maximum Gasteiger partial charge on any atom is 0.227 e. The molecular formula is C19H31IN4O. The van der Waals surface area contributed by atoms with Crippen LogP contribution in [0, 0.1) is 11.8 Å². The predicted octanol–water partition coefficient (Wildman–Crippen LogP) is 3.75. The molecule has 1 aliphatic carbocycles. The van der Waals surface area contributed by atoms with E-state index >= 15 is 0 Å². The number of aliphatic imine (C=N–C) groups is 1. The number of anilines is 1. The summed E-state index contributed by atoms with van der Waals surface area (Å²) < 4.78 is 0. The van der Waals surface area contributed by atoms with E-state index in [9.17, 15) is 4.79 Å². The van der Waals surface area contributed by atoms with Gasteiger partial charge in [-0.15, -0.1) is 24.0 Å². The number of nitrogens with zero attached hydrogens (tertiary/aromatic N) is 1. The van der Waals surface area contributed by atoms with Gasteiger partial charge in [-0.1, -0.05) is 26.0 Å². The molecule has 0 saturated heterocycles. The fourth-order valence-electron chi connectivity index (χ4n) is 2.27. The molecule has 0 spiro atoms. The molecule has 0 heterocycles. The number of hydrogen-bond donors (Lipinski definition) is 3. The van der Waals surface area contributed by atoms with Crippen molar-refractivity contribution in [1.82, 2.24) is 10.6 Å². The van der Waals surface area contributed by atoms with E-state index in [1.807, 2.05) is 38.1 Å². The van der Waals surface area contributed by atoms with Crippen LogP contribution in [0.1, 0.15) is 45.6 Å². The number of carbonyl (C=O) groups is 1. The summed E-state index contributed by atoms with van der Waals surface area (Å²) in [6.07, 6.45) is 3.49. The summed E-state index contributed by atoms with van der Waals surface area (Å²) in [7, 11) is 0. The molecule has 25 heavy (non-hydrogen) atoms. The van der Waals surface area contributed by atoms with Crippen molar-refractivity contribution >= 4 is 41.5 Å². The van der Waals surface area contributed by atoms with Crippen LogP contribution in [0.5, 0.6) is 0 Å². The van der Waals surface area contributed by atoms with Gasteiger partial charge in [0.1, 0.15) is 0 Å². The van der Waals surface area contributed by atoms with Gasteiger partial charge in [-0.05, 0) is 49.8 Å². The zero-order valence-corrected chi connectivity index (χ0v) is 17.8. The van der Waals surface area contributed by atoms with Crippen molar-refractivity contribution in [2.45, 2.75) is 46.6 Å². The Morgan fingerprint density at radius 3 is 2.68 bits per heavy atom. The number of rotatable bonds is 8. The third kappa shape index (κ3) is 8.07. The van der Waals surface area contributed by atoms with E-state index in [1.165, 1.54) is 12.8 Å². The van der Waals surface area contributed by atoms with Gasteiger partial charge >= 0.3 is 0 Å². The fourth-order valence-corrected chi connectivity index (χ4v) is 2.27. The summed E-state index contributed by atoms with van der Waals surface area (Å²) in [5.74, 6) is 1.77. The Labute approximate surface area is 168 Å². The molecule has 0 aliphatic heterocycles. The van der Waals surface area contributed by atoms with E-state index in [2.05, 4.69) is 27.9 Å². The van der Waals surface area contributed by atoms with Crippen molar-refractivity contribution in [3.63, 3.8) is 0 Å². The van der Waals surface area contributed by atoms with Gasteiger partial charge in [0, 0.05) is 24.7 Å². The molecule has 1 unspecified atom stereocenters. The molecule has 1 aromatic carbocycles. The monoisotopic (exact) mass is 458 g/mol. The molecule has 3 N–H and O–H groups in total. The third-order valence-electron chi connectivity index (χ3n) is 4.27. The molecule has 1 saturated carbocycles. The van der Waals surface area contributed by atoms with Crippen molar-refractivity contribution in [2.24, 2.45) is 16.8 Å². The van der Waals surface area contributed by atoms with Crippen molar-refractivity contribution in [1.29, 1.82) is 0 Å². The van der Waals surface area contributed by atoms with Gasteiger partial charge in [0.2, 0.25) is 5.91 Å². The van der Waals surface area contributed by atoms with Crippen LogP contribution in [0.4, 0.5) is 5.69 Å². The lowest BCUT2D eigenvalue weighted by Gasteiger charge is -2.12. The Morgan fingerprint density at radius 1 is 1.28 bits per heavy atom. The van der Waals surface area contributed by atoms with E-state index in [4.69, 9.17) is 0 Å². The van der Waals surface area contributed by atoms with Crippen LogP contribution in [-0.2, 0) is 11.3 Å². The standard InChI is InChI=1S/C19H30N4O.HI/c1-4-14(3)18(24)23-17-8-6-7-16(11-17)13-22-19(20-5-2)21-12-15-9-10-15;/h6-8,11,14-15H,4-5,9-10,12-13H2,1-3H3,(H,23,24)(H2,20,21,22);1H. The third-order valence-corrected chi connectivity index (χ3v) is 4.27. The number of benzene rings is 1. The highest BCUT2D eigenvalue weighted by molar-refractivity contribution is 14.0. The Balaban J connectivity index is 0.00000312. The molecule has 1 aromatic rings. The van der Waals surface area contributed by atoms with Gasteiger partial charge in [0.15, 0.2) is 5.96 Å². The molecule has 2 rings (SSSR count). The second-order valence-electron chi connectivity index (χ2n) is 6.52. The number of guanidine groups is 1. The minimum absolute atomic E-state index is 0. The molecule has 5 nitrogen and oxygen atoms in total. The number of nitrogens with one attached hydrogen (secondary N) is 3. The van der Waals surface area contributed by atoms with Crippen LogP contribution in [0.3, 0.4) is 0 Å². The highest BCUT2D eigenvalue weighted by Gasteiger charge is 2.21. The van der Waals surface area contributed by atoms with E-state index in [1.54, 1.807) is 0 Å². The predicted molar refractivity (Wildman–Crippen MR) is 115 cm³/mol. The van der Waals surface area contributed by atoms with Gasteiger partial charge < -0.3 is 16.0 Å². The fraction of sp³-hybridized carbons (Fsp3) is 0.579. The van der Waals surface area contributed by atoms with E-state index in [0.29, 0.717) is 6.54 Å². The van der Waals surface area contributed by atoms with Crippen LogP contribution >= 0.6 is 24.0 Å². The van der Waals surface area contributed by atoms with E-state index in [0.717, 1.165) is 42.6 Å². The molecule has 1 atom stereocenters. The van der Waals surface area contributed by atoms with Crippen molar-refractivity contribution < 1.29 is 4.79 Å². The lowest BCUT2D eigenvalue weighted by atomic mass is 10.1. The average molecular weight is 458 g/mol. The minimum Gasteiger partial charge on any atom is -0.357 e. The quantitative estimate of drug-likeness (QED) is 0.316. The summed E-state index contributed by atoms with van der Waals surface area (Å²) in [5.41, 5.74) is 1.92. The van der Waals surface area contributed by atoms with E-state index < -0.39 is 0 Å². The number of carbonyl (C=O) groups excluding carboxylic acids is 1. The zero-order chi connectivity index (χ0) is 17.4. The second kappa shape index (κ2) is 11.3. The highest BCUT2D eigenvalue weighted by atomic mass is 127. The minimum atomic E-state index is 0. The SMILES string of the molecule is CCNC(=NCc1cccc(NC(=O)C(C)CC)c1)NCC1CC1.I. The summed E-state index contributed by atoms with van der Waals surface area (Å²) in [5, 5.41) is 9.64. The summed E-state index contributed by atoms with van der Waals surface area (Å²) in [6, 6.07) is 7.91. The normalized spacial score (nSPS) is 15.1. The van der Waals surface area contributed by atoms with E-state index in [-0.39, 0.29) is 35.8 Å². The maximum atomic E-state index is 12.0. The first-order valence-corrected chi connectivity index (χ1v) is 9.04. The smallest absolute Gasteiger partial charge is 0.227 e. The van der Waals surface area contributed by atoms with Gasteiger partial charge in [-0.2, -0.15) is 0 Å². The average Bonchev–Trinajstić information content (AvgIpc) is 3.41. The van der Waals surface area contributed by atoms with Crippen LogP contribution in [0.2, 0.25) is 0 Å². The molecule has 1 fully saturated rings. The largest absolute Gasteiger partial charge is 0.357 e. The molecule has 0 aromatic heterocycles. The molecule has 6 heteroatoms. The Bertz CT molecular complexity index is 572. The number of halogens is 1. The Morgan fingerprint density at radius 2 is 2.04 bits per heavy atom. The number of amides is 1. The molecule has 0 radical (unpaired) electrons. The van der Waals surface area contributed by atoms with Gasteiger partial charge in [0.05, 0.1) is 6.54 Å². The number of hydrogen-bond acceptors (Lipinski definition) is 2. The molecule has 140 valence electrons. The lowest BCUT2D eigenvalue weighted by Crippen LogP contribution is -2.38. The molecule has 1 aliphatic rings. The molecule has 1 amide bonds. The summed E-state index contributed by atoms with van der Waals surface area (Å²) in [6.45, 7) is 8.47. The zero-order valence-electron chi connectivity index (χ0n) is 15.5. The summed E-state index contributed by atoms with van der Waals surface area (Å²) in [4.78, 5) is 16.6. The first-order valence-electron chi connectivity index (χ1n) is 9.04. The van der Waals surface area contributed by atoms with Gasteiger partial charge in [-0.25, -0.2) is 4.99 Å². The van der Waals surface area contributed by atoms with Crippen molar-refractivity contribution in [3.8, 4) is 0 Å². The first-order chi connectivity index (χ1) is 11.6. The van der Waals surface area contributed by atoms with Crippen molar-refractivity contribution in [3.05, 3.63) is 29.8 Å². The molecule has 0 bridgehead atoms. The van der Waals surface area contributed by atoms with Crippen LogP contribution < -0.4 is 16.0 Å². The Kier molecular flexibility index (Phi) is 9.85. The summed E-state index contributed by atoms with van der Waals surface area (Å²) >= 11 is 0.